The van der Waals surface area contributed by atoms with E-state index in [0.29, 0.717) is 40.2 Å². The summed E-state index contributed by atoms with van der Waals surface area (Å²) in [5.74, 6) is 1.35. The summed E-state index contributed by atoms with van der Waals surface area (Å²) in [6.07, 6.45) is 0.686. The van der Waals surface area contributed by atoms with Gasteiger partial charge < -0.3 is 19.7 Å². The summed E-state index contributed by atoms with van der Waals surface area (Å²) in [5.41, 5.74) is 1.64. The first-order chi connectivity index (χ1) is 11.9. The standard InChI is InChI=1S/C18H20Cl2N2O3/c1-22(18(23)21-13-5-6-14(19)15(20)11-13)9-8-12-4-7-16(24-2)17(10-12)25-3/h4-7,10-11H,8-9H2,1-3H3,(H,21,23). The van der Waals surface area contributed by atoms with Gasteiger partial charge in [-0.25, -0.2) is 4.79 Å². The average molecular weight is 383 g/mol. The number of anilines is 1. The number of methoxy groups -OCH3 is 2. The third-order valence-corrected chi connectivity index (χ3v) is 4.44. The van der Waals surface area contributed by atoms with Gasteiger partial charge in [0.05, 0.1) is 24.3 Å². The van der Waals surface area contributed by atoms with Crippen molar-refractivity contribution in [1.29, 1.82) is 0 Å². The zero-order chi connectivity index (χ0) is 18.4. The number of amides is 2. The Labute approximate surface area is 157 Å². The second kappa shape index (κ2) is 8.83. The normalized spacial score (nSPS) is 10.3. The predicted octanol–water partition coefficient (Wildman–Crippen LogP) is 4.72. The van der Waals surface area contributed by atoms with Crippen LogP contribution in [0.3, 0.4) is 0 Å². The minimum absolute atomic E-state index is 0.223. The van der Waals surface area contributed by atoms with Crippen LogP contribution in [-0.4, -0.2) is 38.7 Å². The molecule has 2 rings (SSSR count). The quantitative estimate of drug-likeness (QED) is 0.786. The second-order valence-electron chi connectivity index (χ2n) is 5.42. The summed E-state index contributed by atoms with van der Waals surface area (Å²) in [6, 6.07) is 10.4. The first-order valence-corrected chi connectivity index (χ1v) is 8.38. The number of carbonyl (C=O) groups excluding carboxylic acids is 1. The lowest BCUT2D eigenvalue weighted by Gasteiger charge is -2.18. The summed E-state index contributed by atoms with van der Waals surface area (Å²) in [7, 11) is 4.92. The van der Waals surface area contributed by atoms with Crippen LogP contribution < -0.4 is 14.8 Å². The van der Waals surface area contributed by atoms with Crippen LogP contribution >= 0.6 is 23.2 Å². The fraction of sp³-hybridized carbons (Fsp3) is 0.278. The van der Waals surface area contributed by atoms with E-state index >= 15 is 0 Å². The number of carbonyl (C=O) groups is 1. The molecule has 0 aromatic heterocycles. The van der Waals surface area contributed by atoms with Crippen LogP contribution in [0.5, 0.6) is 11.5 Å². The van der Waals surface area contributed by atoms with Gasteiger partial charge in [0.2, 0.25) is 0 Å². The van der Waals surface area contributed by atoms with Gasteiger partial charge in [-0.05, 0) is 42.3 Å². The molecule has 7 heteroatoms. The van der Waals surface area contributed by atoms with Crippen molar-refractivity contribution in [2.45, 2.75) is 6.42 Å². The van der Waals surface area contributed by atoms with Gasteiger partial charge in [-0.1, -0.05) is 29.3 Å². The lowest BCUT2D eigenvalue weighted by Crippen LogP contribution is -2.33. The smallest absolute Gasteiger partial charge is 0.321 e. The molecular weight excluding hydrogens is 363 g/mol. The van der Waals surface area contributed by atoms with Crippen LogP contribution in [-0.2, 0) is 6.42 Å². The fourth-order valence-corrected chi connectivity index (χ4v) is 2.53. The first-order valence-electron chi connectivity index (χ1n) is 7.62. The van der Waals surface area contributed by atoms with E-state index in [1.807, 2.05) is 18.2 Å². The molecule has 0 aliphatic heterocycles. The summed E-state index contributed by atoms with van der Waals surface area (Å²) in [5, 5.41) is 3.63. The minimum atomic E-state index is -0.223. The van der Waals surface area contributed by atoms with E-state index in [9.17, 15) is 4.79 Å². The topological polar surface area (TPSA) is 50.8 Å². The van der Waals surface area contributed by atoms with Crippen molar-refractivity contribution in [3.63, 3.8) is 0 Å². The number of nitrogens with one attached hydrogen (secondary N) is 1. The van der Waals surface area contributed by atoms with Crippen LogP contribution in [0, 0.1) is 0 Å². The fourth-order valence-electron chi connectivity index (χ4n) is 2.23. The van der Waals surface area contributed by atoms with Gasteiger partial charge in [0.15, 0.2) is 11.5 Å². The zero-order valence-electron chi connectivity index (χ0n) is 14.3. The largest absolute Gasteiger partial charge is 0.493 e. The Morgan fingerprint density at radius 2 is 1.76 bits per heavy atom. The van der Waals surface area contributed by atoms with Crippen molar-refractivity contribution >= 4 is 34.9 Å². The number of likely N-dealkylation sites (N-methyl/N-ethyl adjacent to an activating group) is 1. The van der Waals surface area contributed by atoms with E-state index < -0.39 is 0 Å². The van der Waals surface area contributed by atoms with Crippen LogP contribution in [0.25, 0.3) is 0 Å². The maximum atomic E-state index is 12.2. The number of urea groups is 1. The first kappa shape index (κ1) is 19.2. The Balaban J connectivity index is 1.93. The highest BCUT2D eigenvalue weighted by Gasteiger charge is 2.11. The molecule has 0 bridgehead atoms. The molecule has 1 N–H and O–H groups in total. The highest BCUT2D eigenvalue weighted by atomic mass is 35.5. The SMILES string of the molecule is COc1ccc(CCN(C)C(=O)Nc2ccc(Cl)c(Cl)c2)cc1OC. The van der Waals surface area contributed by atoms with Gasteiger partial charge in [0, 0.05) is 19.3 Å². The van der Waals surface area contributed by atoms with Crippen molar-refractivity contribution in [3.8, 4) is 11.5 Å². The van der Waals surface area contributed by atoms with Crippen LogP contribution in [0.2, 0.25) is 10.0 Å². The molecular formula is C18H20Cl2N2O3. The lowest BCUT2D eigenvalue weighted by molar-refractivity contribution is 0.223. The van der Waals surface area contributed by atoms with Gasteiger partial charge in [-0.2, -0.15) is 0 Å². The molecule has 5 nitrogen and oxygen atoms in total. The van der Waals surface area contributed by atoms with E-state index in [0.717, 1.165) is 5.56 Å². The zero-order valence-corrected chi connectivity index (χ0v) is 15.8. The van der Waals surface area contributed by atoms with Crippen LogP contribution in [0.15, 0.2) is 36.4 Å². The monoisotopic (exact) mass is 382 g/mol. The molecule has 2 amide bonds. The molecule has 2 aromatic carbocycles. The number of hydrogen-bond donors (Lipinski definition) is 1. The minimum Gasteiger partial charge on any atom is -0.493 e. The number of rotatable bonds is 6. The highest BCUT2D eigenvalue weighted by molar-refractivity contribution is 6.42. The molecule has 0 saturated carbocycles. The number of halogens is 2. The third kappa shape index (κ3) is 5.18. The molecule has 25 heavy (non-hydrogen) atoms. The maximum absolute atomic E-state index is 12.2. The van der Waals surface area contributed by atoms with E-state index in [-0.39, 0.29) is 6.03 Å². The van der Waals surface area contributed by atoms with Crippen LogP contribution in [0.4, 0.5) is 10.5 Å². The Bertz CT molecular complexity index is 753. The molecule has 0 unspecified atom stereocenters. The summed E-state index contributed by atoms with van der Waals surface area (Å²) in [4.78, 5) is 13.8. The maximum Gasteiger partial charge on any atom is 0.321 e. The number of benzene rings is 2. The molecule has 0 atom stereocenters. The summed E-state index contributed by atoms with van der Waals surface area (Å²) >= 11 is 11.8. The van der Waals surface area contributed by atoms with Gasteiger partial charge in [-0.3, -0.25) is 0 Å². The third-order valence-electron chi connectivity index (χ3n) is 3.70. The number of nitrogens with zero attached hydrogens (tertiary/aromatic N) is 1. The lowest BCUT2D eigenvalue weighted by atomic mass is 10.1. The second-order valence-corrected chi connectivity index (χ2v) is 6.23. The molecule has 0 aliphatic rings. The van der Waals surface area contributed by atoms with Crippen molar-refractivity contribution in [3.05, 3.63) is 52.0 Å². The van der Waals surface area contributed by atoms with E-state index in [2.05, 4.69) is 5.32 Å². The molecule has 0 fully saturated rings. The molecule has 0 aliphatic carbocycles. The highest BCUT2D eigenvalue weighted by Crippen LogP contribution is 2.28. The van der Waals surface area contributed by atoms with Crippen molar-refractivity contribution in [1.82, 2.24) is 4.90 Å². The van der Waals surface area contributed by atoms with Gasteiger partial charge in [0.1, 0.15) is 0 Å². The average Bonchev–Trinajstić information content (AvgIpc) is 2.62. The molecule has 134 valence electrons. The molecule has 0 radical (unpaired) electrons. The predicted molar refractivity (Wildman–Crippen MR) is 101 cm³/mol. The van der Waals surface area contributed by atoms with E-state index in [4.69, 9.17) is 32.7 Å². The molecule has 0 saturated heterocycles. The van der Waals surface area contributed by atoms with Crippen molar-refractivity contribution < 1.29 is 14.3 Å². The molecule has 0 spiro atoms. The van der Waals surface area contributed by atoms with E-state index in [1.54, 1.807) is 44.4 Å². The van der Waals surface area contributed by atoms with Crippen molar-refractivity contribution in [2.24, 2.45) is 0 Å². The van der Waals surface area contributed by atoms with Gasteiger partial charge in [-0.15, -0.1) is 0 Å². The molecule has 2 aromatic rings. The summed E-state index contributed by atoms with van der Waals surface area (Å²) < 4.78 is 10.5. The summed E-state index contributed by atoms with van der Waals surface area (Å²) in [6.45, 7) is 0.544. The van der Waals surface area contributed by atoms with Gasteiger partial charge in [0.25, 0.3) is 0 Å². The Morgan fingerprint density at radius 3 is 2.40 bits per heavy atom. The number of ether oxygens (including phenoxy) is 2. The Kier molecular flexibility index (Phi) is 6.79. The number of hydrogen-bond acceptors (Lipinski definition) is 3. The van der Waals surface area contributed by atoms with E-state index in [1.165, 1.54) is 0 Å². The van der Waals surface area contributed by atoms with Gasteiger partial charge >= 0.3 is 6.03 Å². The van der Waals surface area contributed by atoms with Crippen molar-refractivity contribution in [2.75, 3.05) is 33.1 Å². The Morgan fingerprint density at radius 1 is 1.04 bits per heavy atom. The Hall–Kier alpha value is -2.11. The molecule has 0 heterocycles. The van der Waals surface area contributed by atoms with Crippen LogP contribution in [0.1, 0.15) is 5.56 Å².